The molecule has 0 unspecified atom stereocenters. The lowest BCUT2D eigenvalue weighted by molar-refractivity contribution is -0.139. The lowest BCUT2D eigenvalue weighted by Crippen LogP contribution is -2.51. The zero-order valence-corrected chi connectivity index (χ0v) is 16.6. The van der Waals surface area contributed by atoms with Crippen molar-refractivity contribution in [2.24, 2.45) is 11.7 Å². The van der Waals surface area contributed by atoms with Crippen molar-refractivity contribution >= 4 is 11.8 Å². The summed E-state index contributed by atoms with van der Waals surface area (Å²) < 4.78 is 14.0. The van der Waals surface area contributed by atoms with Crippen molar-refractivity contribution in [2.75, 3.05) is 39.8 Å². The summed E-state index contributed by atoms with van der Waals surface area (Å²) in [5.74, 6) is -0.289. The molecule has 1 atom stereocenters. The Bertz CT molecular complexity index is 691. The van der Waals surface area contributed by atoms with E-state index in [1.54, 1.807) is 6.07 Å². The van der Waals surface area contributed by atoms with E-state index in [4.69, 9.17) is 5.73 Å². The first-order chi connectivity index (χ1) is 13.4. The van der Waals surface area contributed by atoms with E-state index < -0.39 is 0 Å². The van der Waals surface area contributed by atoms with Crippen LogP contribution in [-0.4, -0.2) is 72.3 Å². The molecule has 1 aromatic rings. The monoisotopic (exact) mass is 390 g/mol. The van der Waals surface area contributed by atoms with Crippen molar-refractivity contribution in [1.82, 2.24) is 14.7 Å². The van der Waals surface area contributed by atoms with Gasteiger partial charge in [-0.2, -0.15) is 0 Å². The number of hydrogen-bond acceptors (Lipinski definition) is 4. The summed E-state index contributed by atoms with van der Waals surface area (Å²) in [5, 5.41) is 0. The topological polar surface area (TPSA) is 69.9 Å². The van der Waals surface area contributed by atoms with Crippen LogP contribution in [0.2, 0.25) is 0 Å². The molecule has 0 spiro atoms. The SMILES string of the molecule is CN(C(=O)C1CCN(CC(N)=O)CC1)[C@@H]1CCCN(Cc2ccccc2F)C1. The van der Waals surface area contributed by atoms with E-state index in [2.05, 4.69) is 4.90 Å². The molecular formula is C21H31FN4O2. The molecule has 2 fully saturated rings. The fourth-order valence-corrected chi connectivity index (χ4v) is 4.38. The van der Waals surface area contributed by atoms with Crippen LogP contribution in [0.1, 0.15) is 31.2 Å². The second-order valence-electron chi connectivity index (χ2n) is 8.09. The fraction of sp³-hybridized carbons (Fsp3) is 0.619. The van der Waals surface area contributed by atoms with Crippen LogP contribution in [0, 0.1) is 11.7 Å². The van der Waals surface area contributed by atoms with Gasteiger partial charge in [-0.3, -0.25) is 19.4 Å². The molecule has 1 aromatic carbocycles. The van der Waals surface area contributed by atoms with Gasteiger partial charge < -0.3 is 10.6 Å². The Kier molecular flexibility index (Phi) is 7.02. The third kappa shape index (κ3) is 5.29. The zero-order chi connectivity index (χ0) is 20.1. The third-order valence-electron chi connectivity index (χ3n) is 6.04. The maximum absolute atomic E-state index is 14.0. The first-order valence-corrected chi connectivity index (χ1v) is 10.2. The minimum atomic E-state index is -0.320. The standard InChI is InChI=1S/C21H31FN4O2/c1-24(21(28)16-8-11-25(12-9-16)15-20(23)27)18-6-4-10-26(14-18)13-17-5-2-3-7-19(17)22/h2-3,5,7,16,18H,4,6,8-15H2,1H3,(H2,23,27)/t18-/m1/s1. The van der Waals surface area contributed by atoms with Gasteiger partial charge in [-0.15, -0.1) is 0 Å². The fourth-order valence-electron chi connectivity index (χ4n) is 4.38. The van der Waals surface area contributed by atoms with E-state index >= 15 is 0 Å². The summed E-state index contributed by atoms with van der Waals surface area (Å²) in [4.78, 5) is 30.2. The molecule has 3 rings (SSSR count). The maximum atomic E-state index is 14.0. The summed E-state index contributed by atoms with van der Waals surface area (Å²) in [7, 11) is 1.90. The summed E-state index contributed by atoms with van der Waals surface area (Å²) in [5.41, 5.74) is 5.96. The Hall–Kier alpha value is -1.99. The molecule has 0 aromatic heterocycles. The number of rotatable bonds is 6. The van der Waals surface area contributed by atoms with Crippen LogP contribution >= 0.6 is 0 Å². The highest BCUT2D eigenvalue weighted by atomic mass is 19.1. The van der Waals surface area contributed by atoms with Crippen LogP contribution in [0.4, 0.5) is 4.39 Å². The third-order valence-corrected chi connectivity index (χ3v) is 6.04. The van der Waals surface area contributed by atoms with E-state index in [0.29, 0.717) is 12.1 Å². The van der Waals surface area contributed by atoms with Gasteiger partial charge in [-0.1, -0.05) is 18.2 Å². The molecular weight excluding hydrogens is 359 g/mol. The normalized spacial score (nSPS) is 22.1. The van der Waals surface area contributed by atoms with Crippen molar-refractivity contribution in [3.05, 3.63) is 35.6 Å². The van der Waals surface area contributed by atoms with Crippen molar-refractivity contribution in [3.8, 4) is 0 Å². The molecule has 28 heavy (non-hydrogen) atoms. The molecule has 154 valence electrons. The maximum Gasteiger partial charge on any atom is 0.231 e. The average Bonchev–Trinajstić information content (AvgIpc) is 2.69. The number of likely N-dealkylation sites (tertiary alicyclic amines) is 2. The Balaban J connectivity index is 1.52. The van der Waals surface area contributed by atoms with Crippen LogP contribution in [0.5, 0.6) is 0 Å². The summed E-state index contributed by atoms with van der Waals surface area (Å²) in [6.45, 7) is 4.02. The molecule has 2 aliphatic heterocycles. The first kappa shape index (κ1) is 20.7. The molecule has 7 heteroatoms. The number of nitrogens with two attached hydrogens (primary N) is 1. The molecule has 0 bridgehead atoms. The van der Waals surface area contributed by atoms with Crippen LogP contribution in [0.15, 0.2) is 24.3 Å². The predicted molar refractivity (Wildman–Crippen MR) is 106 cm³/mol. The molecule has 6 nitrogen and oxygen atoms in total. The number of carbonyl (C=O) groups is 2. The molecule has 2 amide bonds. The van der Waals surface area contributed by atoms with Gasteiger partial charge in [0.15, 0.2) is 0 Å². The number of primary amides is 1. The van der Waals surface area contributed by atoms with Gasteiger partial charge in [0.1, 0.15) is 5.82 Å². The average molecular weight is 391 g/mol. The number of piperidine rings is 2. The smallest absolute Gasteiger partial charge is 0.231 e. The highest BCUT2D eigenvalue weighted by Gasteiger charge is 2.32. The van der Waals surface area contributed by atoms with Crippen LogP contribution in [-0.2, 0) is 16.1 Å². The number of likely N-dealkylation sites (N-methyl/N-ethyl adjacent to an activating group) is 1. The zero-order valence-electron chi connectivity index (χ0n) is 16.6. The summed E-state index contributed by atoms with van der Waals surface area (Å²) >= 11 is 0. The number of carbonyl (C=O) groups excluding carboxylic acids is 2. The number of amides is 2. The summed E-state index contributed by atoms with van der Waals surface area (Å²) in [6, 6.07) is 7.06. The summed E-state index contributed by atoms with van der Waals surface area (Å²) in [6.07, 6.45) is 3.52. The predicted octanol–water partition coefficient (Wildman–Crippen LogP) is 1.45. The van der Waals surface area contributed by atoms with Crippen LogP contribution in [0.3, 0.4) is 0 Å². The van der Waals surface area contributed by atoms with Gasteiger partial charge in [0, 0.05) is 37.7 Å². The van der Waals surface area contributed by atoms with Crippen LogP contribution in [0.25, 0.3) is 0 Å². The molecule has 2 aliphatic rings. The van der Waals surface area contributed by atoms with Crippen molar-refractivity contribution < 1.29 is 14.0 Å². The first-order valence-electron chi connectivity index (χ1n) is 10.2. The number of nitrogens with zero attached hydrogens (tertiary/aromatic N) is 3. The van der Waals surface area contributed by atoms with Gasteiger partial charge >= 0.3 is 0 Å². The molecule has 2 heterocycles. The Morgan fingerprint density at radius 2 is 1.86 bits per heavy atom. The highest BCUT2D eigenvalue weighted by Crippen LogP contribution is 2.23. The second-order valence-corrected chi connectivity index (χ2v) is 8.09. The van der Waals surface area contributed by atoms with Gasteiger partial charge in [0.2, 0.25) is 11.8 Å². The van der Waals surface area contributed by atoms with Crippen LogP contribution < -0.4 is 5.73 Å². The minimum Gasteiger partial charge on any atom is -0.369 e. The Morgan fingerprint density at radius 1 is 1.14 bits per heavy atom. The Labute approximate surface area is 166 Å². The molecule has 0 radical (unpaired) electrons. The molecule has 2 N–H and O–H groups in total. The number of halogens is 1. The number of benzene rings is 1. The second kappa shape index (κ2) is 9.47. The van der Waals surface area contributed by atoms with E-state index in [-0.39, 0.29) is 36.1 Å². The number of hydrogen-bond donors (Lipinski definition) is 1. The molecule has 0 aliphatic carbocycles. The van der Waals surface area contributed by atoms with Crippen molar-refractivity contribution in [3.63, 3.8) is 0 Å². The molecule has 2 saturated heterocycles. The van der Waals surface area contributed by atoms with Gasteiger partial charge in [0.25, 0.3) is 0 Å². The van der Waals surface area contributed by atoms with Gasteiger partial charge in [-0.05, 0) is 51.4 Å². The van der Waals surface area contributed by atoms with Gasteiger partial charge in [0.05, 0.1) is 6.54 Å². The van der Waals surface area contributed by atoms with E-state index in [9.17, 15) is 14.0 Å². The quantitative estimate of drug-likeness (QED) is 0.798. The lowest BCUT2D eigenvalue weighted by atomic mass is 9.93. The Morgan fingerprint density at radius 3 is 2.54 bits per heavy atom. The van der Waals surface area contributed by atoms with E-state index in [1.165, 1.54) is 6.07 Å². The van der Waals surface area contributed by atoms with Gasteiger partial charge in [-0.25, -0.2) is 4.39 Å². The molecule has 0 saturated carbocycles. The van der Waals surface area contributed by atoms with E-state index in [0.717, 1.165) is 51.9 Å². The largest absolute Gasteiger partial charge is 0.369 e. The van der Waals surface area contributed by atoms with E-state index in [1.807, 2.05) is 29.0 Å². The minimum absolute atomic E-state index is 0.0103. The van der Waals surface area contributed by atoms with Crippen molar-refractivity contribution in [1.29, 1.82) is 0 Å². The van der Waals surface area contributed by atoms with Crippen molar-refractivity contribution in [2.45, 2.75) is 38.3 Å². The highest BCUT2D eigenvalue weighted by molar-refractivity contribution is 5.79. The lowest BCUT2D eigenvalue weighted by Gasteiger charge is -2.40.